The molecule has 0 aliphatic heterocycles. The highest BCUT2D eigenvalue weighted by atomic mass is 16.3. The van der Waals surface area contributed by atoms with Gasteiger partial charge in [-0.1, -0.05) is 31.6 Å². The fourth-order valence-corrected chi connectivity index (χ4v) is 3.55. The Bertz CT molecular complexity index is 604. The number of hydrogen-bond acceptors (Lipinski definition) is 3. The Morgan fingerprint density at radius 3 is 2.48 bits per heavy atom. The standard InChI is InChI=1S/C20H28O3/c1-12-6-8-15-16(20(15,4)5)10-14(3)19(23)18(22)11-13(2)17(21)9-7-12/h7,10-11,15-16,19,23H,6,8-9H2,1-5H3/b12-7-,13-11-,14-10-. The van der Waals surface area contributed by atoms with E-state index in [0.29, 0.717) is 29.4 Å². The van der Waals surface area contributed by atoms with Crippen molar-refractivity contribution in [3.05, 3.63) is 34.9 Å². The predicted molar refractivity (Wildman–Crippen MR) is 91.9 cm³/mol. The lowest BCUT2D eigenvalue weighted by Crippen LogP contribution is -2.20. The second-order valence-corrected chi connectivity index (χ2v) is 7.71. The van der Waals surface area contributed by atoms with Crippen LogP contribution in [0.25, 0.3) is 0 Å². The highest BCUT2D eigenvalue weighted by Gasteiger charge is 2.55. The number of hydrogen-bond donors (Lipinski definition) is 1. The van der Waals surface area contributed by atoms with Crippen LogP contribution < -0.4 is 0 Å². The first kappa shape index (κ1) is 17.9. The minimum atomic E-state index is -1.14. The summed E-state index contributed by atoms with van der Waals surface area (Å²) in [7, 11) is 0. The highest BCUT2D eigenvalue weighted by molar-refractivity contribution is 6.05. The monoisotopic (exact) mass is 316 g/mol. The summed E-state index contributed by atoms with van der Waals surface area (Å²) in [6, 6.07) is 0. The molecule has 0 aromatic heterocycles. The molecule has 2 aliphatic rings. The number of Topliss-reactive ketones (excluding diaryl/α,β-unsaturated/α-hetero) is 1. The van der Waals surface area contributed by atoms with Crippen LogP contribution in [-0.4, -0.2) is 22.8 Å². The summed E-state index contributed by atoms with van der Waals surface area (Å²) in [6.07, 6.45) is 6.57. The zero-order valence-corrected chi connectivity index (χ0v) is 14.8. The van der Waals surface area contributed by atoms with Gasteiger partial charge in [-0.2, -0.15) is 0 Å². The Labute approximate surface area is 139 Å². The molecule has 0 spiro atoms. The van der Waals surface area contributed by atoms with Gasteiger partial charge in [-0.15, -0.1) is 0 Å². The fourth-order valence-electron chi connectivity index (χ4n) is 3.55. The SMILES string of the molecule is C/C1=C/CC(=O)/C(C)=C\C(=O)C(O)/C(C)=C\C2C(CC1)C2(C)C. The normalized spacial score (nSPS) is 39.0. The predicted octanol–water partition coefficient (Wildman–Crippen LogP) is 3.78. The molecule has 3 nitrogen and oxygen atoms in total. The van der Waals surface area contributed by atoms with Crippen molar-refractivity contribution in [2.24, 2.45) is 17.3 Å². The lowest BCUT2D eigenvalue weighted by atomic mass is 9.99. The maximum atomic E-state index is 12.2. The van der Waals surface area contributed by atoms with E-state index < -0.39 is 11.9 Å². The Morgan fingerprint density at radius 2 is 1.83 bits per heavy atom. The number of carbonyl (C=O) groups excluding carboxylic acids is 2. The molecule has 3 unspecified atom stereocenters. The summed E-state index contributed by atoms with van der Waals surface area (Å²) >= 11 is 0. The molecule has 0 aromatic rings. The van der Waals surface area contributed by atoms with E-state index in [1.165, 1.54) is 11.6 Å². The Hall–Kier alpha value is -1.48. The van der Waals surface area contributed by atoms with Crippen LogP contribution in [0, 0.1) is 17.3 Å². The van der Waals surface area contributed by atoms with Crippen LogP contribution in [0.2, 0.25) is 0 Å². The van der Waals surface area contributed by atoms with Crippen molar-refractivity contribution < 1.29 is 14.7 Å². The average Bonchev–Trinajstić information content (AvgIpc) is 3.00. The maximum absolute atomic E-state index is 12.2. The third-order valence-corrected chi connectivity index (χ3v) is 5.57. The van der Waals surface area contributed by atoms with Crippen LogP contribution in [0.5, 0.6) is 0 Å². The second-order valence-electron chi connectivity index (χ2n) is 7.71. The molecule has 0 amide bonds. The molecule has 0 saturated heterocycles. The van der Waals surface area contributed by atoms with Crippen LogP contribution in [0.1, 0.15) is 53.9 Å². The minimum Gasteiger partial charge on any atom is -0.381 e. The van der Waals surface area contributed by atoms with Gasteiger partial charge in [0, 0.05) is 6.42 Å². The Kier molecular flexibility index (Phi) is 5.10. The van der Waals surface area contributed by atoms with Crippen molar-refractivity contribution in [2.45, 2.75) is 60.0 Å². The van der Waals surface area contributed by atoms with Gasteiger partial charge in [0.2, 0.25) is 0 Å². The van der Waals surface area contributed by atoms with E-state index in [1.54, 1.807) is 13.8 Å². The van der Waals surface area contributed by atoms with E-state index in [0.717, 1.165) is 12.8 Å². The molecule has 2 rings (SSSR count). The van der Waals surface area contributed by atoms with Crippen molar-refractivity contribution in [3.63, 3.8) is 0 Å². The summed E-state index contributed by atoms with van der Waals surface area (Å²) in [6.45, 7) is 9.99. The molecule has 3 atom stereocenters. The van der Waals surface area contributed by atoms with Gasteiger partial charge in [0.1, 0.15) is 6.10 Å². The van der Waals surface area contributed by atoms with E-state index in [2.05, 4.69) is 26.8 Å². The number of aliphatic hydroxyl groups excluding tert-OH is 1. The van der Waals surface area contributed by atoms with Gasteiger partial charge in [0.25, 0.3) is 0 Å². The first-order valence-electron chi connectivity index (χ1n) is 8.42. The Morgan fingerprint density at radius 1 is 1.17 bits per heavy atom. The molecule has 0 radical (unpaired) electrons. The summed E-state index contributed by atoms with van der Waals surface area (Å²) in [4.78, 5) is 24.2. The van der Waals surface area contributed by atoms with Gasteiger partial charge >= 0.3 is 0 Å². The second kappa shape index (κ2) is 6.56. The summed E-state index contributed by atoms with van der Waals surface area (Å²) in [5.41, 5.74) is 2.55. The Balaban J connectivity index is 2.32. The molecule has 126 valence electrons. The number of allylic oxidation sites excluding steroid dienone is 4. The van der Waals surface area contributed by atoms with Gasteiger partial charge in [0.15, 0.2) is 11.6 Å². The average molecular weight is 316 g/mol. The number of ketones is 2. The van der Waals surface area contributed by atoms with Crippen LogP contribution in [0.3, 0.4) is 0 Å². The molecule has 0 heterocycles. The van der Waals surface area contributed by atoms with Crippen LogP contribution in [-0.2, 0) is 9.59 Å². The smallest absolute Gasteiger partial charge is 0.188 e. The van der Waals surface area contributed by atoms with Gasteiger partial charge in [-0.3, -0.25) is 9.59 Å². The van der Waals surface area contributed by atoms with Gasteiger partial charge < -0.3 is 5.11 Å². The van der Waals surface area contributed by atoms with Crippen molar-refractivity contribution in [3.8, 4) is 0 Å². The van der Waals surface area contributed by atoms with E-state index in [-0.39, 0.29) is 11.2 Å². The molecule has 23 heavy (non-hydrogen) atoms. The van der Waals surface area contributed by atoms with Crippen LogP contribution in [0.15, 0.2) is 34.9 Å². The molecule has 0 bridgehead atoms. The molecule has 0 aromatic carbocycles. The maximum Gasteiger partial charge on any atom is 0.188 e. The summed E-state index contributed by atoms with van der Waals surface area (Å²) in [5.74, 6) is 0.511. The van der Waals surface area contributed by atoms with E-state index in [1.807, 2.05) is 6.08 Å². The largest absolute Gasteiger partial charge is 0.381 e. The van der Waals surface area contributed by atoms with E-state index in [4.69, 9.17) is 0 Å². The number of fused-ring (bicyclic) bond motifs is 1. The zero-order chi connectivity index (χ0) is 17.4. The van der Waals surface area contributed by atoms with Crippen molar-refractivity contribution in [2.75, 3.05) is 0 Å². The van der Waals surface area contributed by atoms with Crippen molar-refractivity contribution in [1.82, 2.24) is 0 Å². The molecular weight excluding hydrogens is 288 g/mol. The minimum absolute atomic E-state index is 0.0618. The van der Waals surface area contributed by atoms with Crippen LogP contribution >= 0.6 is 0 Å². The highest BCUT2D eigenvalue weighted by Crippen LogP contribution is 2.61. The third-order valence-electron chi connectivity index (χ3n) is 5.57. The molecule has 2 aliphatic carbocycles. The van der Waals surface area contributed by atoms with Gasteiger partial charge in [0.05, 0.1) is 0 Å². The molecular formula is C20H28O3. The number of rotatable bonds is 0. The van der Waals surface area contributed by atoms with Gasteiger partial charge in [-0.25, -0.2) is 0 Å². The lowest BCUT2D eigenvalue weighted by molar-refractivity contribution is -0.121. The molecule has 1 fully saturated rings. The van der Waals surface area contributed by atoms with E-state index >= 15 is 0 Å². The fraction of sp³-hybridized carbons (Fsp3) is 0.600. The summed E-state index contributed by atoms with van der Waals surface area (Å²) in [5, 5.41) is 10.2. The molecule has 3 heteroatoms. The molecule has 1 N–H and O–H groups in total. The number of aliphatic hydroxyl groups is 1. The number of carbonyl (C=O) groups is 2. The van der Waals surface area contributed by atoms with Crippen LogP contribution in [0.4, 0.5) is 0 Å². The third kappa shape index (κ3) is 3.89. The lowest BCUT2D eigenvalue weighted by Gasteiger charge is -2.09. The first-order valence-corrected chi connectivity index (χ1v) is 8.42. The van der Waals surface area contributed by atoms with Crippen molar-refractivity contribution >= 4 is 11.6 Å². The first-order chi connectivity index (χ1) is 10.6. The quantitative estimate of drug-likeness (QED) is 0.692. The topological polar surface area (TPSA) is 54.4 Å². The summed E-state index contributed by atoms with van der Waals surface area (Å²) < 4.78 is 0. The molecule has 1 saturated carbocycles. The zero-order valence-electron chi connectivity index (χ0n) is 14.8. The van der Waals surface area contributed by atoms with Gasteiger partial charge in [-0.05, 0) is 68.1 Å². The van der Waals surface area contributed by atoms with Crippen molar-refractivity contribution in [1.29, 1.82) is 0 Å². The van der Waals surface area contributed by atoms with E-state index in [9.17, 15) is 14.7 Å².